The van der Waals surface area contributed by atoms with Crippen molar-refractivity contribution in [1.29, 1.82) is 0 Å². The molecule has 1 aliphatic rings. The lowest BCUT2D eigenvalue weighted by atomic mass is 9.96. The predicted octanol–water partition coefficient (Wildman–Crippen LogP) is 4.65. The quantitative estimate of drug-likeness (QED) is 0.607. The highest BCUT2D eigenvalue weighted by molar-refractivity contribution is 5.81. The van der Waals surface area contributed by atoms with Crippen molar-refractivity contribution in [1.82, 2.24) is 4.57 Å². The summed E-state index contributed by atoms with van der Waals surface area (Å²) in [6.07, 6.45) is 2.30. The summed E-state index contributed by atoms with van der Waals surface area (Å²) in [6.45, 7) is 7.52. The molecule has 0 aliphatic carbocycles. The minimum absolute atomic E-state index is 0.170. The van der Waals surface area contributed by atoms with Gasteiger partial charge in [0.25, 0.3) is 5.82 Å². The average molecular weight is 323 g/mol. The Morgan fingerprint density at radius 2 is 1.96 bits per heavy atom. The number of hydrogen-bond donors (Lipinski definition) is 0. The molecule has 0 saturated carbocycles. The Morgan fingerprint density at radius 3 is 2.67 bits per heavy atom. The number of imidazole rings is 1. The summed E-state index contributed by atoms with van der Waals surface area (Å²) in [6, 6.07) is 9.82. The van der Waals surface area contributed by atoms with E-state index in [1.807, 2.05) is 13.0 Å². The van der Waals surface area contributed by atoms with Crippen LogP contribution in [0.3, 0.4) is 0 Å². The molecule has 4 rings (SSSR count). The lowest BCUT2D eigenvalue weighted by molar-refractivity contribution is -0.664. The first-order valence-corrected chi connectivity index (χ1v) is 8.79. The normalized spacial score (nSPS) is 13.9. The number of halogens is 1. The lowest BCUT2D eigenvalue weighted by Gasteiger charge is -2.13. The Labute approximate surface area is 142 Å². The van der Waals surface area contributed by atoms with Gasteiger partial charge in [0.05, 0.1) is 19.2 Å². The van der Waals surface area contributed by atoms with Gasteiger partial charge in [0.15, 0.2) is 11.0 Å². The van der Waals surface area contributed by atoms with E-state index in [0.29, 0.717) is 5.92 Å². The van der Waals surface area contributed by atoms with Crippen LogP contribution in [0.5, 0.6) is 0 Å². The topological polar surface area (TPSA) is 8.81 Å². The average Bonchev–Trinajstić information content (AvgIpc) is 2.82. The van der Waals surface area contributed by atoms with Gasteiger partial charge in [-0.25, -0.2) is 13.5 Å². The van der Waals surface area contributed by atoms with Crippen LogP contribution in [0.15, 0.2) is 30.3 Å². The fraction of sp³-hybridized carbons (Fsp3) is 0.381. The highest BCUT2D eigenvalue weighted by Gasteiger charge is 2.30. The van der Waals surface area contributed by atoms with Crippen molar-refractivity contribution >= 4 is 11.0 Å². The van der Waals surface area contributed by atoms with E-state index < -0.39 is 0 Å². The smallest absolute Gasteiger partial charge is 0.226 e. The van der Waals surface area contributed by atoms with Gasteiger partial charge in [-0.15, -0.1) is 0 Å². The Kier molecular flexibility index (Phi) is 3.48. The van der Waals surface area contributed by atoms with Gasteiger partial charge < -0.3 is 0 Å². The van der Waals surface area contributed by atoms with Crippen LogP contribution in [-0.4, -0.2) is 4.57 Å². The standard InChI is InChI=1S/C21H24FN2/c1-13(2)16-11-15-6-5-9-24-20(15)19(12-16)23(4)21(24)18-8-7-17(22)10-14(18)3/h7-8,10-13H,5-6,9H2,1-4H3/q+1. The van der Waals surface area contributed by atoms with Crippen molar-refractivity contribution < 1.29 is 8.96 Å². The van der Waals surface area contributed by atoms with Crippen molar-refractivity contribution in [2.45, 2.75) is 46.1 Å². The Balaban J connectivity index is 2.07. The molecule has 2 nitrogen and oxygen atoms in total. The number of rotatable bonds is 2. The summed E-state index contributed by atoms with van der Waals surface area (Å²) in [4.78, 5) is 0. The number of aromatic nitrogens is 2. The van der Waals surface area contributed by atoms with E-state index in [0.717, 1.165) is 30.5 Å². The number of nitrogens with zero attached hydrogens (tertiary/aromatic N) is 2. The zero-order chi connectivity index (χ0) is 17.0. The summed E-state index contributed by atoms with van der Waals surface area (Å²) in [7, 11) is 2.14. The molecule has 3 aromatic rings. The van der Waals surface area contributed by atoms with Crippen LogP contribution in [0.2, 0.25) is 0 Å². The number of benzene rings is 2. The molecule has 24 heavy (non-hydrogen) atoms. The summed E-state index contributed by atoms with van der Waals surface area (Å²) >= 11 is 0. The van der Waals surface area contributed by atoms with Gasteiger partial charge in [0.1, 0.15) is 5.82 Å². The van der Waals surface area contributed by atoms with Gasteiger partial charge in [-0.3, -0.25) is 0 Å². The van der Waals surface area contributed by atoms with Crippen LogP contribution < -0.4 is 4.57 Å². The number of hydrogen-bond acceptors (Lipinski definition) is 0. The van der Waals surface area contributed by atoms with Crippen molar-refractivity contribution in [3.63, 3.8) is 0 Å². The summed E-state index contributed by atoms with van der Waals surface area (Å²) in [5, 5.41) is 0. The zero-order valence-corrected chi connectivity index (χ0v) is 14.9. The minimum Gasteiger partial charge on any atom is -0.226 e. The highest BCUT2D eigenvalue weighted by Crippen LogP contribution is 2.32. The molecule has 0 saturated heterocycles. The molecule has 2 aromatic carbocycles. The minimum atomic E-state index is -0.170. The second-order valence-corrected chi connectivity index (χ2v) is 7.30. The van der Waals surface area contributed by atoms with Gasteiger partial charge in [-0.1, -0.05) is 19.9 Å². The second kappa shape index (κ2) is 5.44. The van der Waals surface area contributed by atoms with Crippen LogP contribution >= 0.6 is 0 Å². The second-order valence-electron chi connectivity index (χ2n) is 7.30. The van der Waals surface area contributed by atoms with Gasteiger partial charge >= 0.3 is 0 Å². The van der Waals surface area contributed by atoms with Gasteiger partial charge in [0.2, 0.25) is 0 Å². The van der Waals surface area contributed by atoms with E-state index in [9.17, 15) is 4.39 Å². The molecule has 1 aliphatic heterocycles. The van der Waals surface area contributed by atoms with Crippen LogP contribution in [-0.2, 0) is 20.0 Å². The van der Waals surface area contributed by atoms with Crippen LogP contribution in [0.1, 0.15) is 42.9 Å². The molecule has 0 unspecified atom stereocenters. The first kappa shape index (κ1) is 15.4. The summed E-state index contributed by atoms with van der Waals surface area (Å²) in [5.41, 5.74) is 7.59. The van der Waals surface area contributed by atoms with Crippen LogP contribution in [0, 0.1) is 12.7 Å². The summed E-state index contributed by atoms with van der Waals surface area (Å²) in [5.74, 6) is 1.53. The predicted molar refractivity (Wildman–Crippen MR) is 95.7 cm³/mol. The van der Waals surface area contributed by atoms with E-state index in [1.165, 1.54) is 28.0 Å². The molecule has 1 aromatic heterocycles. The third kappa shape index (κ3) is 2.18. The molecule has 0 N–H and O–H groups in total. The van der Waals surface area contributed by atoms with Crippen LogP contribution in [0.25, 0.3) is 22.4 Å². The van der Waals surface area contributed by atoms with Gasteiger partial charge in [-0.05, 0) is 61.1 Å². The first-order valence-electron chi connectivity index (χ1n) is 8.79. The molecule has 3 heteroatoms. The Hall–Kier alpha value is -2.16. The highest BCUT2D eigenvalue weighted by atomic mass is 19.1. The van der Waals surface area contributed by atoms with Crippen molar-refractivity contribution in [2.24, 2.45) is 7.05 Å². The third-order valence-electron chi connectivity index (χ3n) is 5.32. The summed E-state index contributed by atoms with van der Waals surface area (Å²) < 4.78 is 18.3. The molecule has 0 radical (unpaired) electrons. The fourth-order valence-corrected chi connectivity index (χ4v) is 4.04. The maximum absolute atomic E-state index is 13.6. The molecule has 0 atom stereocenters. The molecule has 2 heterocycles. The molecule has 0 amide bonds. The largest absolute Gasteiger partial charge is 0.289 e. The monoisotopic (exact) mass is 323 g/mol. The molecular weight excluding hydrogens is 299 g/mol. The van der Waals surface area contributed by atoms with E-state index >= 15 is 0 Å². The zero-order valence-electron chi connectivity index (χ0n) is 14.9. The Morgan fingerprint density at radius 1 is 1.17 bits per heavy atom. The maximum Gasteiger partial charge on any atom is 0.289 e. The van der Waals surface area contributed by atoms with Gasteiger partial charge in [-0.2, -0.15) is 0 Å². The SMILES string of the molecule is Cc1cc(F)ccc1-c1n(C)c2cc(C(C)C)cc3c2[n+]1CCC3. The van der Waals surface area contributed by atoms with E-state index in [1.54, 1.807) is 12.1 Å². The van der Waals surface area contributed by atoms with Crippen LogP contribution in [0.4, 0.5) is 4.39 Å². The molecule has 0 bridgehead atoms. The van der Waals surface area contributed by atoms with E-state index in [-0.39, 0.29) is 5.82 Å². The van der Waals surface area contributed by atoms with Gasteiger partial charge in [0, 0.05) is 5.56 Å². The molecule has 0 fully saturated rings. The maximum atomic E-state index is 13.6. The fourth-order valence-electron chi connectivity index (χ4n) is 4.04. The lowest BCUT2D eigenvalue weighted by Crippen LogP contribution is -2.39. The molecule has 0 spiro atoms. The number of aryl methyl sites for hydroxylation is 4. The van der Waals surface area contributed by atoms with Crippen molar-refractivity contribution in [3.8, 4) is 11.4 Å². The third-order valence-corrected chi connectivity index (χ3v) is 5.32. The van der Waals surface area contributed by atoms with Crippen molar-refractivity contribution in [3.05, 3.63) is 52.8 Å². The first-order chi connectivity index (χ1) is 11.5. The molecular formula is C21H24FN2+. The van der Waals surface area contributed by atoms with E-state index in [4.69, 9.17) is 0 Å². The van der Waals surface area contributed by atoms with Crippen molar-refractivity contribution in [2.75, 3.05) is 0 Å². The molecule has 124 valence electrons. The van der Waals surface area contributed by atoms with E-state index in [2.05, 4.69) is 42.2 Å². The Bertz CT molecular complexity index is 950.